The smallest absolute Gasteiger partial charge is 0.272 e. The van der Waals surface area contributed by atoms with Gasteiger partial charge in [0.2, 0.25) is 0 Å². The summed E-state index contributed by atoms with van der Waals surface area (Å²) in [7, 11) is 3.61. The minimum absolute atomic E-state index is 0.0142. The summed E-state index contributed by atoms with van der Waals surface area (Å²) in [4.78, 5) is 14.1. The Morgan fingerprint density at radius 2 is 2.15 bits per heavy atom. The zero-order valence-electron chi connectivity index (χ0n) is 11.9. The fourth-order valence-electron chi connectivity index (χ4n) is 2.08. The van der Waals surface area contributed by atoms with Gasteiger partial charge in [0, 0.05) is 25.1 Å². The highest BCUT2D eigenvalue weighted by Gasteiger charge is 2.17. The molecule has 0 aliphatic heterocycles. The van der Waals surface area contributed by atoms with Gasteiger partial charge in [0.25, 0.3) is 5.91 Å². The van der Waals surface area contributed by atoms with Crippen LogP contribution >= 0.6 is 15.9 Å². The fraction of sp³-hybridized carbons (Fsp3) is 0.333. The second kappa shape index (κ2) is 6.22. The second-order valence-electron chi connectivity index (χ2n) is 4.79. The van der Waals surface area contributed by atoms with Crippen LogP contribution in [0, 0.1) is 0 Å². The Hall–Kier alpha value is -1.62. The normalized spacial score (nSPS) is 10.6. The molecular formula is C15H18BrN3O. The van der Waals surface area contributed by atoms with Crippen molar-refractivity contribution in [2.45, 2.75) is 19.9 Å². The van der Waals surface area contributed by atoms with Crippen LogP contribution in [0.4, 0.5) is 0 Å². The Labute approximate surface area is 127 Å². The average Bonchev–Trinajstić information content (AvgIpc) is 2.79. The van der Waals surface area contributed by atoms with Gasteiger partial charge in [0.1, 0.15) is 5.69 Å². The Balaban J connectivity index is 2.14. The summed E-state index contributed by atoms with van der Waals surface area (Å²) >= 11 is 3.44. The Bertz CT molecular complexity index is 621. The van der Waals surface area contributed by atoms with Crippen LogP contribution in [-0.4, -0.2) is 27.6 Å². The van der Waals surface area contributed by atoms with Crippen molar-refractivity contribution in [3.8, 4) is 0 Å². The summed E-state index contributed by atoms with van der Waals surface area (Å²) in [6.07, 6.45) is 0.830. The molecule has 0 atom stereocenters. The molecule has 106 valence electrons. The number of carbonyl (C=O) groups is 1. The second-order valence-corrected chi connectivity index (χ2v) is 5.70. The van der Waals surface area contributed by atoms with Gasteiger partial charge in [0.05, 0.1) is 5.69 Å². The maximum absolute atomic E-state index is 12.4. The van der Waals surface area contributed by atoms with E-state index in [2.05, 4.69) is 21.0 Å². The van der Waals surface area contributed by atoms with E-state index in [9.17, 15) is 4.79 Å². The molecule has 0 aliphatic carbocycles. The highest BCUT2D eigenvalue weighted by Crippen LogP contribution is 2.14. The van der Waals surface area contributed by atoms with Crippen LogP contribution in [0.5, 0.6) is 0 Å². The first-order valence-corrected chi connectivity index (χ1v) is 7.33. The summed E-state index contributed by atoms with van der Waals surface area (Å²) in [5.41, 5.74) is 2.65. The molecule has 1 aromatic heterocycles. The molecule has 0 spiro atoms. The third-order valence-corrected chi connectivity index (χ3v) is 3.66. The average molecular weight is 336 g/mol. The topological polar surface area (TPSA) is 38.1 Å². The standard InChI is InChI=1S/C15H18BrN3O/c1-4-13-9-14(19(3)17-13)15(20)18(2)10-11-6-5-7-12(16)8-11/h5-9H,4,10H2,1-3H3. The maximum Gasteiger partial charge on any atom is 0.272 e. The van der Waals surface area contributed by atoms with Crippen LogP contribution in [0.1, 0.15) is 28.7 Å². The predicted molar refractivity (Wildman–Crippen MR) is 82.5 cm³/mol. The van der Waals surface area contributed by atoms with Crippen molar-refractivity contribution in [2.24, 2.45) is 7.05 Å². The van der Waals surface area contributed by atoms with E-state index in [0.717, 1.165) is 22.2 Å². The Morgan fingerprint density at radius 3 is 2.75 bits per heavy atom. The Kier molecular flexibility index (Phi) is 4.60. The summed E-state index contributed by atoms with van der Waals surface area (Å²) < 4.78 is 2.67. The zero-order chi connectivity index (χ0) is 14.7. The van der Waals surface area contributed by atoms with Crippen molar-refractivity contribution in [3.63, 3.8) is 0 Å². The van der Waals surface area contributed by atoms with Crippen molar-refractivity contribution in [1.82, 2.24) is 14.7 Å². The number of amides is 1. The molecule has 0 N–H and O–H groups in total. The minimum Gasteiger partial charge on any atom is -0.336 e. The lowest BCUT2D eigenvalue weighted by atomic mass is 10.2. The fourth-order valence-corrected chi connectivity index (χ4v) is 2.52. The summed E-state index contributed by atoms with van der Waals surface area (Å²) in [6, 6.07) is 9.83. The van der Waals surface area contributed by atoms with Crippen molar-refractivity contribution in [2.75, 3.05) is 7.05 Å². The van der Waals surface area contributed by atoms with E-state index in [1.54, 1.807) is 16.6 Å². The quantitative estimate of drug-likeness (QED) is 0.861. The van der Waals surface area contributed by atoms with Gasteiger partial charge >= 0.3 is 0 Å². The van der Waals surface area contributed by atoms with Crippen molar-refractivity contribution >= 4 is 21.8 Å². The lowest BCUT2D eigenvalue weighted by molar-refractivity contribution is 0.0774. The molecule has 2 rings (SSSR count). The first-order valence-electron chi connectivity index (χ1n) is 6.54. The molecule has 0 aliphatic rings. The number of benzene rings is 1. The number of rotatable bonds is 4. The van der Waals surface area contributed by atoms with Gasteiger partial charge in [-0.25, -0.2) is 0 Å². The van der Waals surface area contributed by atoms with E-state index in [1.807, 2.05) is 44.3 Å². The molecular weight excluding hydrogens is 318 g/mol. The molecule has 0 unspecified atom stereocenters. The Morgan fingerprint density at radius 1 is 1.40 bits per heavy atom. The number of aromatic nitrogens is 2. The molecule has 0 bridgehead atoms. The zero-order valence-corrected chi connectivity index (χ0v) is 13.5. The van der Waals surface area contributed by atoms with Gasteiger partial charge in [0.15, 0.2) is 0 Å². The summed E-state index contributed by atoms with van der Waals surface area (Å²) in [6.45, 7) is 2.60. The minimum atomic E-state index is -0.0142. The van der Waals surface area contributed by atoms with E-state index in [0.29, 0.717) is 12.2 Å². The molecule has 2 aromatic rings. The van der Waals surface area contributed by atoms with E-state index in [4.69, 9.17) is 0 Å². The summed E-state index contributed by atoms with van der Waals surface area (Å²) in [5.74, 6) is -0.0142. The van der Waals surface area contributed by atoms with Crippen molar-refractivity contribution < 1.29 is 4.79 Å². The van der Waals surface area contributed by atoms with Gasteiger partial charge in [-0.3, -0.25) is 9.48 Å². The number of nitrogens with zero attached hydrogens (tertiary/aromatic N) is 3. The summed E-state index contributed by atoms with van der Waals surface area (Å²) in [5, 5.41) is 4.32. The molecule has 1 amide bonds. The van der Waals surface area contributed by atoms with Gasteiger partial charge in [-0.1, -0.05) is 35.0 Å². The van der Waals surface area contributed by atoms with Crippen molar-refractivity contribution in [3.05, 3.63) is 51.8 Å². The van der Waals surface area contributed by atoms with Crippen LogP contribution in [0.3, 0.4) is 0 Å². The predicted octanol–water partition coefficient (Wildman–Crippen LogP) is 3.02. The third kappa shape index (κ3) is 3.28. The number of halogens is 1. The lowest BCUT2D eigenvalue weighted by Crippen LogP contribution is -2.28. The first-order chi connectivity index (χ1) is 9.51. The van der Waals surface area contributed by atoms with Crippen LogP contribution in [-0.2, 0) is 20.0 Å². The number of hydrogen-bond donors (Lipinski definition) is 0. The SMILES string of the molecule is CCc1cc(C(=O)N(C)Cc2cccc(Br)c2)n(C)n1. The molecule has 0 fully saturated rings. The van der Waals surface area contributed by atoms with E-state index in [1.165, 1.54) is 0 Å². The third-order valence-electron chi connectivity index (χ3n) is 3.17. The van der Waals surface area contributed by atoms with Gasteiger partial charge in [-0.05, 0) is 30.2 Å². The van der Waals surface area contributed by atoms with Gasteiger partial charge in [-0.15, -0.1) is 0 Å². The molecule has 1 aromatic carbocycles. The van der Waals surface area contributed by atoms with Crippen LogP contribution in [0.25, 0.3) is 0 Å². The largest absolute Gasteiger partial charge is 0.336 e. The molecule has 0 saturated heterocycles. The van der Waals surface area contributed by atoms with E-state index >= 15 is 0 Å². The monoisotopic (exact) mass is 335 g/mol. The van der Waals surface area contributed by atoms with E-state index < -0.39 is 0 Å². The van der Waals surface area contributed by atoms with Crippen LogP contribution in [0.15, 0.2) is 34.8 Å². The molecule has 1 heterocycles. The molecule has 20 heavy (non-hydrogen) atoms. The highest BCUT2D eigenvalue weighted by molar-refractivity contribution is 9.10. The molecule has 0 radical (unpaired) electrons. The van der Waals surface area contributed by atoms with Gasteiger partial charge < -0.3 is 4.90 Å². The number of hydrogen-bond acceptors (Lipinski definition) is 2. The van der Waals surface area contributed by atoms with Gasteiger partial charge in [-0.2, -0.15) is 5.10 Å². The number of aryl methyl sites for hydroxylation is 2. The van der Waals surface area contributed by atoms with Crippen LogP contribution < -0.4 is 0 Å². The first kappa shape index (κ1) is 14.8. The van der Waals surface area contributed by atoms with E-state index in [-0.39, 0.29) is 5.91 Å². The molecule has 0 saturated carbocycles. The number of carbonyl (C=O) groups excluding carboxylic acids is 1. The highest BCUT2D eigenvalue weighted by atomic mass is 79.9. The lowest BCUT2D eigenvalue weighted by Gasteiger charge is -2.17. The van der Waals surface area contributed by atoms with Crippen LogP contribution in [0.2, 0.25) is 0 Å². The van der Waals surface area contributed by atoms with Crippen molar-refractivity contribution in [1.29, 1.82) is 0 Å². The molecule has 4 nitrogen and oxygen atoms in total. The maximum atomic E-state index is 12.4. The molecule has 5 heteroatoms.